The molecule has 0 aromatic rings. The van der Waals surface area contributed by atoms with Gasteiger partial charge in [-0.05, 0) is 73.6 Å². The van der Waals surface area contributed by atoms with E-state index in [0.717, 1.165) is 0 Å². The lowest BCUT2D eigenvalue weighted by Gasteiger charge is -2.39. The van der Waals surface area contributed by atoms with Crippen molar-refractivity contribution in [2.45, 2.75) is 141 Å². The fourth-order valence-electron chi connectivity index (χ4n) is 2.97. The summed E-state index contributed by atoms with van der Waals surface area (Å²) in [6.45, 7) is 40.1. The number of ether oxygens (including phenoxy) is 3. The Morgan fingerprint density at radius 1 is 0.725 bits per heavy atom. The molecule has 0 radical (unpaired) electrons. The van der Waals surface area contributed by atoms with Gasteiger partial charge in [0.05, 0.1) is 12.5 Å². The zero-order valence-corrected chi connectivity index (χ0v) is 31.1. The Balaban J connectivity index is 3.04. The van der Waals surface area contributed by atoms with Gasteiger partial charge < -0.3 is 27.5 Å². The summed E-state index contributed by atoms with van der Waals surface area (Å²) in [6.07, 6.45) is 2.29. The average molecular weight is 615 g/mol. The molecule has 1 aliphatic rings. The minimum atomic E-state index is -2.24. The van der Waals surface area contributed by atoms with Crippen LogP contribution in [0.4, 0.5) is 0 Å². The van der Waals surface area contributed by atoms with Crippen molar-refractivity contribution >= 4 is 30.9 Å². The van der Waals surface area contributed by atoms with E-state index in [9.17, 15) is 4.79 Å². The molecule has 10 heteroatoms. The van der Waals surface area contributed by atoms with Gasteiger partial charge in [-0.25, -0.2) is 0 Å². The second-order valence-electron chi connectivity index (χ2n) is 15.4. The van der Waals surface area contributed by atoms with Crippen LogP contribution in [0.25, 0.3) is 0 Å². The first-order valence-corrected chi connectivity index (χ1v) is 23.0. The molecule has 0 aromatic carbocycles. The first kappa shape index (κ1) is 36.5. The van der Waals surface area contributed by atoms with Gasteiger partial charge in [-0.3, -0.25) is 4.79 Å². The lowest BCUT2D eigenvalue weighted by molar-refractivity contribution is -0.144. The average Bonchev–Trinajstić information content (AvgIpc) is 2.70. The highest BCUT2D eigenvalue weighted by Gasteiger charge is 2.43. The maximum absolute atomic E-state index is 12.9. The Kier molecular flexibility index (Phi) is 11.7. The van der Waals surface area contributed by atoms with Gasteiger partial charge in [-0.2, -0.15) is 0 Å². The van der Waals surface area contributed by atoms with Crippen LogP contribution in [0.3, 0.4) is 0 Å². The van der Waals surface area contributed by atoms with Crippen molar-refractivity contribution in [2.75, 3.05) is 6.61 Å². The molecule has 40 heavy (non-hydrogen) atoms. The van der Waals surface area contributed by atoms with Gasteiger partial charge in [0.15, 0.2) is 0 Å². The first-order valence-electron chi connectivity index (χ1n) is 14.3. The van der Waals surface area contributed by atoms with Crippen LogP contribution >= 0.6 is 0 Å². The van der Waals surface area contributed by atoms with Gasteiger partial charge in [-0.15, -0.1) is 0 Å². The molecule has 0 N–H and O–H groups in total. The topological polar surface area (TPSA) is 72.5 Å². The summed E-state index contributed by atoms with van der Waals surface area (Å²) >= 11 is 0. The van der Waals surface area contributed by atoms with Gasteiger partial charge in [0.1, 0.15) is 18.8 Å². The molecule has 0 spiro atoms. The quantitative estimate of drug-likeness (QED) is 0.124. The van der Waals surface area contributed by atoms with Crippen LogP contribution in [0.2, 0.25) is 54.4 Å². The van der Waals surface area contributed by atoms with Gasteiger partial charge in [0.2, 0.25) is 0 Å². The largest absolute Gasteiger partial charge is 0.519 e. The van der Waals surface area contributed by atoms with E-state index in [4.69, 9.17) is 27.5 Å². The van der Waals surface area contributed by atoms with Crippen molar-refractivity contribution < 1.29 is 32.3 Å². The van der Waals surface area contributed by atoms with E-state index >= 15 is 0 Å². The number of hydrogen-bond acceptors (Lipinski definition) is 7. The molecule has 0 aliphatic carbocycles. The van der Waals surface area contributed by atoms with Gasteiger partial charge in [0, 0.05) is 0 Å². The number of carbonyl (C=O) groups is 1. The Labute approximate surface area is 248 Å². The summed E-state index contributed by atoms with van der Waals surface area (Å²) in [5.74, 6) is 0.243. The number of carbonyl (C=O) groups excluding carboxylic acids is 1. The fourth-order valence-corrected chi connectivity index (χ4v) is 5.79. The summed E-state index contributed by atoms with van der Waals surface area (Å²) in [7, 11) is -6.49. The predicted molar refractivity (Wildman–Crippen MR) is 171 cm³/mol. The van der Waals surface area contributed by atoms with Gasteiger partial charge in [0.25, 0.3) is 42.8 Å². The van der Waals surface area contributed by atoms with Crippen molar-refractivity contribution in [1.82, 2.24) is 0 Å². The van der Waals surface area contributed by atoms with E-state index in [2.05, 4.69) is 115 Å². The smallest absolute Gasteiger partial charge is 0.295 e. The molecular formula is C30H58O7Si3. The molecule has 0 aromatic heterocycles. The summed E-state index contributed by atoms with van der Waals surface area (Å²) in [4.78, 5) is 12.9. The third-order valence-corrected chi connectivity index (χ3v) is 21.9. The molecule has 0 saturated carbocycles. The van der Waals surface area contributed by atoms with Crippen molar-refractivity contribution in [3.8, 4) is 0 Å². The maximum atomic E-state index is 12.9. The van der Waals surface area contributed by atoms with E-state index in [1.165, 1.54) is 0 Å². The highest BCUT2D eigenvalue weighted by atomic mass is 28.4. The minimum absolute atomic E-state index is 0.00342. The normalized spacial score (nSPS) is 20.9. The molecule has 0 fully saturated rings. The molecule has 1 rings (SSSR count). The van der Waals surface area contributed by atoms with Gasteiger partial charge >= 0.3 is 0 Å². The van der Waals surface area contributed by atoms with Crippen molar-refractivity contribution in [3.05, 3.63) is 37.2 Å². The van der Waals surface area contributed by atoms with Crippen LogP contribution in [0.15, 0.2) is 37.2 Å². The Hall–Kier alpha value is -1.50. The van der Waals surface area contributed by atoms with Crippen LogP contribution in [0.1, 0.15) is 68.7 Å². The van der Waals surface area contributed by atoms with E-state index in [-0.39, 0.29) is 46.0 Å². The SMILES string of the molecule is C=C(OC[C@H]1O[C@@H](CC(=O)O[Si](C)(C)C(C)(C)C)C=C[C@@H]1OC(=C)O[Si](C)(C)C(C)(C)C)O[Si](C)(C)C(C)(C)C. The molecule has 232 valence electrons. The third-order valence-electron chi connectivity index (χ3n) is 8.80. The Morgan fingerprint density at radius 3 is 1.60 bits per heavy atom. The molecule has 0 unspecified atom stereocenters. The lowest BCUT2D eigenvalue weighted by atomic mass is 10.1. The zero-order chi connectivity index (χ0) is 31.5. The van der Waals surface area contributed by atoms with Crippen LogP contribution < -0.4 is 0 Å². The first-order chi connectivity index (χ1) is 17.7. The molecular weight excluding hydrogens is 557 g/mol. The van der Waals surface area contributed by atoms with E-state index < -0.39 is 43.3 Å². The number of rotatable bonds is 12. The minimum Gasteiger partial charge on any atom is -0.519 e. The van der Waals surface area contributed by atoms with E-state index in [1.54, 1.807) is 0 Å². The zero-order valence-electron chi connectivity index (χ0n) is 28.1. The fraction of sp³-hybridized carbons (Fsp3) is 0.767. The molecule has 3 atom stereocenters. The van der Waals surface area contributed by atoms with Crippen LogP contribution in [-0.4, -0.2) is 55.8 Å². The Morgan fingerprint density at radius 2 is 1.15 bits per heavy atom. The van der Waals surface area contributed by atoms with Crippen LogP contribution in [0.5, 0.6) is 0 Å². The van der Waals surface area contributed by atoms with Crippen molar-refractivity contribution in [1.29, 1.82) is 0 Å². The summed E-state index contributed by atoms with van der Waals surface area (Å²) in [5.41, 5.74) is 0. The second-order valence-corrected chi connectivity index (χ2v) is 29.6. The standard InChI is InChI=1S/C30H58O7Si3/c1-22(35-38(12,13)28(3,4)5)32-21-26-25(33-23(2)36-39(14,15)29(6,7)8)19-18-24(34-26)20-27(31)37-40(16,17)30(9,10)11/h18-19,24-26H,1-2,20-21H2,3-17H3/t24-,25+,26-/m1/s1. The highest BCUT2D eigenvalue weighted by Crippen LogP contribution is 2.40. The molecule has 0 saturated heterocycles. The summed E-state index contributed by atoms with van der Waals surface area (Å²) in [5, 5.41) is -0.0746. The molecule has 1 aliphatic heterocycles. The van der Waals surface area contributed by atoms with E-state index in [0.29, 0.717) is 0 Å². The summed E-state index contributed by atoms with van der Waals surface area (Å²) in [6, 6.07) is 0. The van der Waals surface area contributed by atoms with Gasteiger partial charge in [-0.1, -0.05) is 68.4 Å². The van der Waals surface area contributed by atoms with Crippen molar-refractivity contribution in [3.63, 3.8) is 0 Å². The Bertz CT molecular complexity index is 934. The number of hydrogen-bond donors (Lipinski definition) is 0. The molecule has 7 nitrogen and oxygen atoms in total. The van der Waals surface area contributed by atoms with Crippen LogP contribution in [-0.2, 0) is 32.3 Å². The third kappa shape index (κ3) is 10.4. The molecule has 1 heterocycles. The monoisotopic (exact) mass is 614 g/mol. The molecule has 0 amide bonds. The van der Waals surface area contributed by atoms with Crippen molar-refractivity contribution in [2.24, 2.45) is 0 Å². The maximum Gasteiger partial charge on any atom is 0.295 e. The second kappa shape index (κ2) is 12.8. The van der Waals surface area contributed by atoms with Crippen LogP contribution in [0, 0.1) is 0 Å². The van der Waals surface area contributed by atoms with E-state index in [1.807, 2.05) is 12.2 Å². The highest BCUT2D eigenvalue weighted by molar-refractivity contribution is 6.75. The molecule has 0 bridgehead atoms. The predicted octanol–water partition coefficient (Wildman–Crippen LogP) is 8.64. The summed E-state index contributed by atoms with van der Waals surface area (Å²) < 4.78 is 36.9. The lowest BCUT2D eigenvalue weighted by Crippen LogP contribution is -2.45.